The molecule has 2 bridgehead atoms. The van der Waals surface area contributed by atoms with E-state index in [0.29, 0.717) is 32.0 Å². The summed E-state index contributed by atoms with van der Waals surface area (Å²) in [6.07, 6.45) is 7.66. The predicted octanol–water partition coefficient (Wildman–Crippen LogP) is 4.62. The van der Waals surface area contributed by atoms with Gasteiger partial charge in [0.25, 0.3) is 0 Å². The van der Waals surface area contributed by atoms with E-state index in [9.17, 15) is 19.8 Å². The molecule has 236 valence electrons. The maximum Gasteiger partial charge on any atom is 0.343 e. The normalized spacial score (nSPS) is 32.9. The lowest BCUT2D eigenvalue weighted by Crippen LogP contribution is -2.49. The number of carbonyl (C=O) groups excluding carboxylic acids is 2. The molecule has 2 heterocycles. The van der Waals surface area contributed by atoms with Gasteiger partial charge in [-0.2, -0.15) is 0 Å². The molecular formula is C35H43ClN2O6. The van der Waals surface area contributed by atoms with Crippen molar-refractivity contribution in [3.63, 3.8) is 0 Å². The molecule has 2 unspecified atom stereocenters. The first-order valence-corrected chi connectivity index (χ1v) is 16.1. The standard InChI is InChI=1S/C35H43ClN2O6/c1-22-6-12-30(39)27-10-7-24(27)19-38-20-34(14-4-5-23-15-26(36)9-11-28(23)34)21-44-31-13-8-25(16-29(31)38)35(42,33(41)43-3)17-32(40)37(2)18-22/h6,8-9,11-13,15-16,22,24,27,30,39,42H,4-5,7,10,14,17-21H2,1-3H3/b12-6+/t22?,24-,27+,30?,34-,35-/m0/s1. The summed E-state index contributed by atoms with van der Waals surface area (Å²) in [7, 11) is 2.88. The molecule has 6 rings (SSSR count). The Kier molecular flexibility index (Phi) is 8.46. The lowest BCUT2D eigenvalue weighted by atomic mass is 9.68. The molecule has 2 aliphatic carbocycles. The molecule has 1 amide bonds. The van der Waals surface area contributed by atoms with Gasteiger partial charge in [0.2, 0.25) is 5.91 Å². The van der Waals surface area contributed by atoms with Crippen molar-refractivity contribution in [1.29, 1.82) is 0 Å². The second kappa shape index (κ2) is 12.0. The van der Waals surface area contributed by atoms with Gasteiger partial charge in [-0.05, 0) is 90.8 Å². The Morgan fingerprint density at radius 1 is 1.14 bits per heavy atom. The number of anilines is 1. The first-order chi connectivity index (χ1) is 21.0. The minimum Gasteiger partial charge on any atom is -0.490 e. The predicted molar refractivity (Wildman–Crippen MR) is 169 cm³/mol. The summed E-state index contributed by atoms with van der Waals surface area (Å²) >= 11 is 6.41. The molecule has 1 saturated carbocycles. The number of halogens is 1. The number of esters is 1. The maximum atomic E-state index is 13.4. The number of ether oxygens (including phenoxy) is 2. The molecule has 9 heteroatoms. The second-order valence-corrected chi connectivity index (χ2v) is 13.9. The summed E-state index contributed by atoms with van der Waals surface area (Å²) < 4.78 is 11.7. The fourth-order valence-electron chi connectivity index (χ4n) is 7.78. The number of aryl methyl sites for hydroxylation is 1. The van der Waals surface area contributed by atoms with E-state index in [1.54, 1.807) is 25.2 Å². The third kappa shape index (κ3) is 5.61. The Labute approximate surface area is 264 Å². The van der Waals surface area contributed by atoms with Crippen molar-refractivity contribution in [2.45, 2.75) is 62.6 Å². The Bertz CT molecular complexity index is 1460. The van der Waals surface area contributed by atoms with Crippen LogP contribution in [0.4, 0.5) is 5.69 Å². The largest absolute Gasteiger partial charge is 0.490 e. The van der Waals surface area contributed by atoms with Crippen molar-refractivity contribution < 1.29 is 29.3 Å². The summed E-state index contributed by atoms with van der Waals surface area (Å²) in [5, 5.41) is 23.8. The maximum absolute atomic E-state index is 13.4. The number of benzene rings is 2. The zero-order valence-corrected chi connectivity index (χ0v) is 26.6. The molecule has 44 heavy (non-hydrogen) atoms. The zero-order valence-electron chi connectivity index (χ0n) is 25.8. The van der Waals surface area contributed by atoms with E-state index in [0.717, 1.165) is 42.8 Å². The molecule has 4 aliphatic rings. The number of hydrogen-bond acceptors (Lipinski definition) is 7. The molecule has 0 aromatic heterocycles. The number of fused-ring (bicyclic) bond motifs is 4. The first kappa shape index (κ1) is 30.9. The third-order valence-corrected chi connectivity index (χ3v) is 10.7. The number of aliphatic hydroxyl groups excluding tert-OH is 1. The highest BCUT2D eigenvalue weighted by molar-refractivity contribution is 6.30. The van der Waals surface area contributed by atoms with Crippen molar-refractivity contribution in [2.75, 3.05) is 45.3 Å². The third-order valence-electron chi connectivity index (χ3n) is 10.4. The number of hydrogen-bond donors (Lipinski definition) is 2. The van der Waals surface area contributed by atoms with Gasteiger partial charge >= 0.3 is 5.97 Å². The lowest BCUT2D eigenvalue weighted by Gasteiger charge is -2.45. The van der Waals surface area contributed by atoms with Gasteiger partial charge in [-0.1, -0.05) is 42.8 Å². The quantitative estimate of drug-likeness (QED) is 0.354. The highest BCUT2D eigenvalue weighted by Gasteiger charge is 2.46. The van der Waals surface area contributed by atoms with E-state index in [1.165, 1.54) is 23.1 Å². The number of rotatable bonds is 1. The van der Waals surface area contributed by atoms with Crippen LogP contribution in [-0.2, 0) is 31.8 Å². The van der Waals surface area contributed by atoms with Crippen molar-refractivity contribution >= 4 is 29.2 Å². The van der Waals surface area contributed by atoms with Crippen LogP contribution in [0.25, 0.3) is 0 Å². The van der Waals surface area contributed by atoms with Gasteiger partial charge in [0.1, 0.15) is 5.75 Å². The Morgan fingerprint density at radius 2 is 1.95 bits per heavy atom. The van der Waals surface area contributed by atoms with Crippen LogP contribution in [0.5, 0.6) is 5.75 Å². The van der Waals surface area contributed by atoms with Crippen molar-refractivity contribution in [1.82, 2.24) is 4.90 Å². The van der Waals surface area contributed by atoms with Crippen LogP contribution < -0.4 is 9.64 Å². The SMILES string of the molecule is COC(=O)[C@]1(O)CC(=O)N(C)CC(C)/C=C/C(O)[C@@H]2CC[C@H]2CN2C[C@@]3(CCCc4cc(Cl)ccc43)COc3ccc1cc32. The Balaban J connectivity index is 1.47. The van der Waals surface area contributed by atoms with Crippen LogP contribution in [0.1, 0.15) is 55.7 Å². The number of nitrogens with zero attached hydrogens (tertiary/aromatic N) is 2. The van der Waals surface area contributed by atoms with Gasteiger partial charge in [-0.3, -0.25) is 4.79 Å². The van der Waals surface area contributed by atoms with Gasteiger partial charge in [0.15, 0.2) is 5.60 Å². The van der Waals surface area contributed by atoms with Crippen LogP contribution in [0.2, 0.25) is 5.02 Å². The molecular weight excluding hydrogens is 580 g/mol. The fraction of sp³-hybridized carbons (Fsp3) is 0.543. The average molecular weight is 623 g/mol. The van der Waals surface area contributed by atoms with E-state index in [1.807, 2.05) is 25.1 Å². The monoisotopic (exact) mass is 622 g/mol. The second-order valence-electron chi connectivity index (χ2n) is 13.4. The summed E-state index contributed by atoms with van der Waals surface area (Å²) in [4.78, 5) is 30.4. The van der Waals surface area contributed by atoms with Crippen molar-refractivity contribution in [3.05, 3.63) is 70.3 Å². The minimum atomic E-state index is -2.18. The number of aliphatic hydroxyl groups is 2. The van der Waals surface area contributed by atoms with Gasteiger partial charge in [-0.15, -0.1) is 0 Å². The molecule has 6 atom stereocenters. The van der Waals surface area contributed by atoms with Crippen LogP contribution >= 0.6 is 11.6 Å². The molecule has 2 aromatic rings. The molecule has 1 spiro atoms. The molecule has 2 aromatic carbocycles. The molecule has 8 nitrogen and oxygen atoms in total. The van der Waals surface area contributed by atoms with Crippen LogP contribution in [0, 0.1) is 17.8 Å². The van der Waals surface area contributed by atoms with Gasteiger partial charge in [0.05, 0.1) is 31.9 Å². The number of methoxy groups -OCH3 is 1. The van der Waals surface area contributed by atoms with Gasteiger partial charge in [-0.25, -0.2) is 4.79 Å². The molecule has 0 saturated heterocycles. The smallest absolute Gasteiger partial charge is 0.343 e. The summed E-state index contributed by atoms with van der Waals surface area (Å²) in [6, 6.07) is 11.4. The van der Waals surface area contributed by atoms with Gasteiger partial charge in [0, 0.05) is 37.1 Å². The first-order valence-electron chi connectivity index (χ1n) is 15.8. The Hall–Kier alpha value is -3.07. The molecule has 0 radical (unpaired) electrons. The van der Waals surface area contributed by atoms with Crippen LogP contribution in [0.15, 0.2) is 48.6 Å². The van der Waals surface area contributed by atoms with E-state index in [-0.39, 0.29) is 34.6 Å². The van der Waals surface area contributed by atoms with E-state index < -0.39 is 24.1 Å². The van der Waals surface area contributed by atoms with Crippen LogP contribution in [0.3, 0.4) is 0 Å². The molecule has 2 N–H and O–H groups in total. The molecule has 2 aliphatic heterocycles. The van der Waals surface area contributed by atoms with E-state index in [4.69, 9.17) is 21.1 Å². The number of carbonyl (C=O) groups is 2. The van der Waals surface area contributed by atoms with Crippen LogP contribution in [-0.4, -0.2) is 73.5 Å². The molecule has 1 fully saturated rings. The van der Waals surface area contributed by atoms with Gasteiger partial charge < -0.3 is 29.5 Å². The summed E-state index contributed by atoms with van der Waals surface area (Å²) in [5.41, 5.74) is 1.07. The number of amides is 1. The van der Waals surface area contributed by atoms with Crippen molar-refractivity contribution in [3.8, 4) is 5.75 Å². The summed E-state index contributed by atoms with van der Waals surface area (Å²) in [6.45, 7) is 4.20. The van der Waals surface area contributed by atoms with Crippen molar-refractivity contribution in [2.24, 2.45) is 17.8 Å². The van der Waals surface area contributed by atoms with E-state index in [2.05, 4.69) is 17.0 Å². The topological polar surface area (TPSA) is 99.5 Å². The fourth-order valence-corrected chi connectivity index (χ4v) is 7.98. The highest BCUT2D eigenvalue weighted by atomic mass is 35.5. The lowest BCUT2D eigenvalue weighted by molar-refractivity contribution is -0.168. The Morgan fingerprint density at radius 3 is 2.70 bits per heavy atom. The summed E-state index contributed by atoms with van der Waals surface area (Å²) in [5.74, 6) is -0.267. The zero-order chi connectivity index (χ0) is 31.2. The minimum absolute atomic E-state index is 0.0235. The average Bonchev–Trinajstić information content (AvgIpc) is 3.14. The van der Waals surface area contributed by atoms with E-state index >= 15 is 0 Å². The highest BCUT2D eigenvalue weighted by Crippen LogP contribution is 2.47.